The third kappa shape index (κ3) is 16.4. The number of methoxy groups -OCH3 is 1. The number of carbonyl (C=O) groups excluding carboxylic acids is 2. The normalized spacial score (nSPS) is 11.5. The number of rotatable bonds is 18. The first-order chi connectivity index (χ1) is 41.5. The molecule has 85 heavy (non-hydrogen) atoms. The van der Waals surface area contributed by atoms with Crippen LogP contribution in [0.3, 0.4) is 0 Å². The van der Waals surface area contributed by atoms with Gasteiger partial charge in [0.05, 0.1) is 29.9 Å². The molecule has 0 fully saturated rings. The summed E-state index contributed by atoms with van der Waals surface area (Å²) in [5.41, 5.74) is 15.9. The van der Waals surface area contributed by atoms with E-state index in [0.29, 0.717) is 28.3 Å². The molecule has 3 N–H and O–H groups in total. The van der Waals surface area contributed by atoms with Crippen LogP contribution in [0.5, 0.6) is 5.75 Å². The first kappa shape index (κ1) is 58.2. The van der Waals surface area contributed by atoms with Gasteiger partial charge in [0.1, 0.15) is 5.75 Å². The van der Waals surface area contributed by atoms with Crippen LogP contribution in [0.25, 0.3) is 47.2 Å². The minimum Gasteiger partial charge on any atom is -0.496 e. The molecule has 10 aromatic rings. The maximum atomic E-state index is 12.8. The van der Waals surface area contributed by atoms with Gasteiger partial charge in [0.25, 0.3) is 11.8 Å². The van der Waals surface area contributed by atoms with Crippen LogP contribution >= 0.6 is 0 Å². The highest BCUT2D eigenvalue weighted by Gasteiger charge is 2.13. The largest absolute Gasteiger partial charge is 0.496 e. The molecule has 0 aliphatic carbocycles. The van der Waals surface area contributed by atoms with Gasteiger partial charge < -0.3 is 20.7 Å². The van der Waals surface area contributed by atoms with E-state index in [4.69, 9.17) is 9.84 Å². The van der Waals surface area contributed by atoms with Crippen LogP contribution in [-0.2, 0) is 0 Å². The van der Waals surface area contributed by atoms with E-state index in [0.717, 1.165) is 95.1 Å². The Labute approximate surface area is 496 Å². The summed E-state index contributed by atoms with van der Waals surface area (Å²) in [5.74, 6) is 0.970. The number of aryl methyl sites for hydroxylation is 1. The van der Waals surface area contributed by atoms with E-state index in [-0.39, 0.29) is 11.8 Å². The highest BCUT2D eigenvalue weighted by Crippen LogP contribution is 2.29. The summed E-state index contributed by atoms with van der Waals surface area (Å²) in [6.45, 7) is 14.7. The lowest BCUT2D eigenvalue weighted by Gasteiger charge is -2.11. The zero-order valence-corrected chi connectivity index (χ0v) is 47.5. The number of fused-ring (bicyclic) bond motifs is 1. The Morgan fingerprint density at radius 3 is 1.29 bits per heavy atom. The minimum absolute atomic E-state index is 0.238. The molecule has 10 aromatic carbocycles. The Kier molecular flexibility index (Phi) is 19.7. The zero-order chi connectivity index (χ0) is 59.3. The van der Waals surface area contributed by atoms with Crippen molar-refractivity contribution in [3.63, 3.8) is 0 Å². The van der Waals surface area contributed by atoms with Crippen LogP contribution < -0.4 is 20.7 Å². The second-order valence-electron chi connectivity index (χ2n) is 19.6. The quantitative estimate of drug-likeness (QED) is 0.0340. The molecule has 0 aliphatic rings. The van der Waals surface area contributed by atoms with Crippen molar-refractivity contribution in [2.45, 2.75) is 13.8 Å². The Morgan fingerprint density at radius 1 is 0.400 bits per heavy atom. The number of carbonyl (C=O) groups is 2. The molecule has 10 rings (SSSR count). The number of para-hydroxylation sites is 1. The molecule has 11 nitrogen and oxygen atoms in total. The van der Waals surface area contributed by atoms with Crippen molar-refractivity contribution in [2.75, 3.05) is 23.1 Å². The molecule has 0 aromatic heterocycles. The number of anilines is 3. The highest BCUT2D eigenvalue weighted by atomic mass is 16.5. The molecule has 0 saturated heterocycles. The molecule has 0 atom stereocenters. The number of amides is 2. The first-order valence-corrected chi connectivity index (χ1v) is 27.3. The average Bonchev–Trinajstić information content (AvgIpc) is 3.75. The van der Waals surface area contributed by atoms with Crippen molar-refractivity contribution in [1.29, 1.82) is 0 Å². The maximum Gasteiger partial charge on any atom is 0.255 e. The zero-order valence-electron chi connectivity index (χ0n) is 47.5. The Bertz CT molecular complexity index is 4130. The molecule has 11 heteroatoms. The molecule has 0 spiro atoms. The number of nitrogens with one attached hydrogen (secondary N) is 3. The van der Waals surface area contributed by atoms with Crippen molar-refractivity contribution in [3.8, 4) is 5.75 Å². The van der Waals surface area contributed by atoms with Gasteiger partial charge in [-0.25, -0.2) is 0 Å². The number of benzene rings is 10. The summed E-state index contributed by atoms with van der Waals surface area (Å²) < 4.78 is 5.37. The van der Waals surface area contributed by atoms with Crippen LogP contribution in [0.15, 0.2) is 256 Å². The summed E-state index contributed by atoms with van der Waals surface area (Å²) in [6, 6.07) is 74.1. The van der Waals surface area contributed by atoms with Crippen LogP contribution in [0.2, 0.25) is 0 Å². The van der Waals surface area contributed by atoms with Gasteiger partial charge in [0, 0.05) is 33.8 Å². The van der Waals surface area contributed by atoms with Gasteiger partial charge in [-0.3, -0.25) is 24.6 Å². The van der Waals surface area contributed by atoms with Gasteiger partial charge >= 0.3 is 0 Å². The van der Waals surface area contributed by atoms with Gasteiger partial charge in [-0.1, -0.05) is 170 Å². The van der Waals surface area contributed by atoms with E-state index in [1.165, 1.54) is 0 Å². The van der Waals surface area contributed by atoms with E-state index >= 15 is 0 Å². The summed E-state index contributed by atoms with van der Waals surface area (Å²) in [4.78, 5) is 37.2. The predicted molar refractivity (Wildman–Crippen MR) is 359 cm³/mol. The van der Waals surface area contributed by atoms with E-state index < -0.39 is 0 Å². The number of ether oxygens (including phenoxy) is 1. The van der Waals surface area contributed by atoms with Gasteiger partial charge in [-0.2, -0.15) is 5.10 Å². The number of hydrogen-bond donors (Lipinski definition) is 3. The van der Waals surface area contributed by atoms with Crippen molar-refractivity contribution < 1.29 is 14.3 Å². The molecule has 0 unspecified atom stereocenters. The fourth-order valence-electron chi connectivity index (χ4n) is 8.88. The molecular weight excluding hydrogens is 1050 g/mol. The van der Waals surface area contributed by atoms with Crippen LogP contribution in [0.1, 0.15) is 77.7 Å². The smallest absolute Gasteiger partial charge is 0.255 e. The first-order valence-electron chi connectivity index (χ1n) is 27.3. The van der Waals surface area contributed by atoms with Crippen molar-refractivity contribution in [1.82, 2.24) is 0 Å². The molecule has 0 heterocycles. The number of amidine groups is 1. The third-order valence-corrected chi connectivity index (χ3v) is 13.8. The van der Waals surface area contributed by atoms with Gasteiger partial charge in [-0.15, -0.1) is 5.10 Å². The van der Waals surface area contributed by atoms with Crippen LogP contribution in [0.4, 0.5) is 34.1 Å². The van der Waals surface area contributed by atoms with Crippen LogP contribution in [0, 0.1) is 6.92 Å². The molecular formula is C74H62N8O3. The molecule has 416 valence electrons. The standard InChI is InChI=1S/C48H40N6.C26H22N2O3/c1-35(42-23-11-36(12-24-42)5-7-38-15-27-44(49-2)28-16-38)53-54-48(43-25-13-37(14-26-43)6-8-39-17-29-45(50-3)30-18-39)52-47-33-21-41(22-34-47)10-9-40-19-31-46(51-4)32-20-40;1-17-23-13-11-20(15-18(23)12-14-24(17)31-2)26(30)28-22-10-6-7-19(16-22)25(29)27-21-8-4-3-5-9-21/h5-34H,2-4H2,1H3,(H,52,54);3-16H,1-2H3,(H,27,29)(H,28,30)/b7-5?,8-6?,10-9?,53-35-;. The fraction of sp³-hybridized carbons (Fsp3) is 0.0405. The second kappa shape index (κ2) is 28.8. The lowest BCUT2D eigenvalue weighted by Crippen LogP contribution is -2.14. The SMILES string of the molecule is C=Nc1ccc(C=Cc2ccc(N/C(=N/N=C(/C)c3ccc(C=Cc4ccc(N=C)cc4)cc3)c3ccc(C=Cc4ccc(N=C)cc4)cc3)cc2)cc1.COc1ccc2cc(C(=O)Nc3cccc(C(=O)Nc4ccccc4)c3)ccc2c1C. The number of aliphatic imine (C=N–C) groups is 3. The molecule has 0 saturated carbocycles. The Hall–Kier alpha value is -11.4. The Balaban J connectivity index is 0.000000236. The lowest BCUT2D eigenvalue weighted by molar-refractivity contribution is 0.101. The van der Waals surface area contributed by atoms with Crippen molar-refractivity contribution in [2.24, 2.45) is 25.2 Å². The Morgan fingerprint density at radius 2 is 0.812 bits per heavy atom. The monoisotopic (exact) mass is 1110 g/mol. The highest BCUT2D eigenvalue weighted by molar-refractivity contribution is 6.10. The molecule has 2 amide bonds. The van der Waals surface area contributed by atoms with Crippen molar-refractivity contribution in [3.05, 3.63) is 292 Å². The fourth-order valence-corrected chi connectivity index (χ4v) is 8.88. The number of hydrogen-bond acceptors (Lipinski definition) is 8. The van der Waals surface area contributed by atoms with E-state index in [9.17, 15) is 9.59 Å². The molecule has 0 radical (unpaired) electrons. The topological polar surface area (TPSA) is 141 Å². The molecule has 0 aliphatic heterocycles. The van der Waals surface area contributed by atoms with Gasteiger partial charge in [0.2, 0.25) is 0 Å². The summed E-state index contributed by atoms with van der Waals surface area (Å²) in [6.07, 6.45) is 12.5. The van der Waals surface area contributed by atoms with Crippen molar-refractivity contribution >= 4 is 125 Å². The predicted octanol–water partition coefficient (Wildman–Crippen LogP) is 18.1. The summed E-state index contributed by atoms with van der Waals surface area (Å²) in [5, 5.41) is 20.6. The van der Waals surface area contributed by atoms with E-state index in [2.05, 4.69) is 141 Å². The number of nitrogens with zero attached hydrogens (tertiary/aromatic N) is 5. The second-order valence-corrected chi connectivity index (χ2v) is 19.6. The average molecular weight is 1110 g/mol. The van der Waals surface area contributed by atoms with Gasteiger partial charge in [-0.05, 0) is 186 Å². The van der Waals surface area contributed by atoms with E-state index in [1.54, 1.807) is 37.4 Å². The summed E-state index contributed by atoms with van der Waals surface area (Å²) in [7, 11) is 1.64. The summed E-state index contributed by atoms with van der Waals surface area (Å²) >= 11 is 0. The maximum absolute atomic E-state index is 12.8. The minimum atomic E-state index is -0.240. The van der Waals surface area contributed by atoms with Crippen LogP contribution in [-0.4, -0.2) is 50.6 Å². The molecule has 0 bridgehead atoms. The van der Waals surface area contributed by atoms with E-state index in [1.807, 2.05) is 166 Å². The van der Waals surface area contributed by atoms with Gasteiger partial charge in [0.15, 0.2) is 5.84 Å². The lowest BCUT2D eigenvalue weighted by atomic mass is 10.0. The third-order valence-electron chi connectivity index (χ3n) is 13.8.